The van der Waals surface area contributed by atoms with Crippen LogP contribution in [0.2, 0.25) is 0 Å². The van der Waals surface area contributed by atoms with Crippen LogP contribution in [-0.2, 0) is 0 Å². The Bertz CT molecular complexity index is 3500. The summed E-state index contributed by atoms with van der Waals surface area (Å²) in [6.45, 7) is 0. The van der Waals surface area contributed by atoms with Gasteiger partial charge in [0, 0.05) is 65.4 Å². The molecule has 8 aromatic carbocycles. The van der Waals surface area contributed by atoms with E-state index in [1.54, 1.807) is 0 Å². The molecule has 0 aliphatic rings. The van der Waals surface area contributed by atoms with Gasteiger partial charge in [-0.05, 0) is 82.4 Å². The second-order valence-electron chi connectivity index (χ2n) is 14.6. The van der Waals surface area contributed by atoms with Gasteiger partial charge in [0.25, 0.3) is 0 Å². The summed E-state index contributed by atoms with van der Waals surface area (Å²) in [4.78, 5) is 9.93. The highest BCUT2D eigenvalue weighted by Crippen LogP contribution is 2.41. The van der Waals surface area contributed by atoms with Crippen LogP contribution in [0, 0.1) is 0 Å². The van der Waals surface area contributed by atoms with E-state index in [0.29, 0.717) is 5.95 Å². The normalized spacial score (nSPS) is 11.9. The summed E-state index contributed by atoms with van der Waals surface area (Å²) in [5.74, 6) is 0.654. The molecule has 0 fully saturated rings. The standard InChI is InChI=1S/C52H32N4S/c1-2-11-38(12-3-1)55-46-18-7-4-13-40(46)44-29-35(25-27-48(44)55)36-26-28-49-45(30-36)41-14-5-8-19-47(41)56(49)52-53-31-37(32-54-52)33-21-23-34(24-22-33)39-16-10-17-43-42-15-6-9-20-50(42)57-51(39)43/h1-32H. The van der Waals surface area contributed by atoms with E-state index in [2.05, 4.69) is 191 Å². The summed E-state index contributed by atoms with van der Waals surface area (Å²) in [6, 6.07) is 65.6. The van der Waals surface area contributed by atoms with Gasteiger partial charge in [0.15, 0.2) is 0 Å². The molecule has 0 spiro atoms. The number of nitrogens with zero attached hydrogens (tertiary/aromatic N) is 4. The van der Waals surface area contributed by atoms with Gasteiger partial charge in [-0.15, -0.1) is 11.3 Å². The summed E-state index contributed by atoms with van der Waals surface area (Å²) in [5.41, 5.74) is 12.6. The SMILES string of the molecule is c1ccc(-n2c3ccccc3c3cc(-c4ccc5c(c4)c4ccccc4n5-c4ncc(-c5ccc(-c6cccc7c6sc6ccccc67)cc5)cn4)ccc32)cc1. The van der Waals surface area contributed by atoms with Crippen LogP contribution in [0.15, 0.2) is 194 Å². The van der Waals surface area contributed by atoms with Crippen molar-refractivity contribution in [1.82, 2.24) is 19.1 Å². The van der Waals surface area contributed by atoms with Gasteiger partial charge >= 0.3 is 0 Å². The van der Waals surface area contributed by atoms with Gasteiger partial charge in [-0.1, -0.05) is 127 Å². The molecule has 0 saturated heterocycles. The molecule has 0 unspecified atom stereocenters. The highest BCUT2D eigenvalue weighted by atomic mass is 32.1. The van der Waals surface area contributed by atoms with Gasteiger partial charge in [0.1, 0.15) is 0 Å². The van der Waals surface area contributed by atoms with Crippen LogP contribution in [0.1, 0.15) is 0 Å². The van der Waals surface area contributed by atoms with E-state index in [0.717, 1.165) is 27.8 Å². The molecule has 57 heavy (non-hydrogen) atoms. The largest absolute Gasteiger partial charge is 0.309 e. The molecule has 0 radical (unpaired) electrons. The number of hydrogen-bond acceptors (Lipinski definition) is 3. The van der Waals surface area contributed by atoms with Crippen molar-refractivity contribution in [3.05, 3.63) is 194 Å². The lowest BCUT2D eigenvalue weighted by Crippen LogP contribution is -2.00. The zero-order valence-corrected chi connectivity index (χ0v) is 31.5. The van der Waals surface area contributed by atoms with Crippen LogP contribution in [0.3, 0.4) is 0 Å². The molecule has 12 rings (SSSR count). The summed E-state index contributed by atoms with van der Waals surface area (Å²) in [5, 5.41) is 7.47. The van der Waals surface area contributed by atoms with E-state index in [9.17, 15) is 0 Å². The number of fused-ring (bicyclic) bond motifs is 9. The quantitative estimate of drug-likeness (QED) is 0.176. The van der Waals surface area contributed by atoms with Crippen molar-refractivity contribution in [3.63, 3.8) is 0 Å². The minimum absolute atomic E-state index is 0.654. The van der Waals surface area contributed by atoms with Crippen molar-refractivity contribution in [2.75, 3.05) is 0 Å². The Kier molecular flexibility index (Phi) is 7.06. The van der Waals surface area contributed by atoms with E-state index in [-0.39, 0.29) is 0 Å². The number of rotatable bonds is 5. The monoisotopic (exact) mass is 744 g/mol. The summed E-state index contributed by atoms with van der Waals surface area (Å²) in [7, 11) is 0. The zero-order valence-electron chi connectivity index (χ0n) is 30.7. The number of thiophene rings is 1. The van der Waals surface area contributed by atoms with Crippen molar-refractivity contribution in [1.29, 1.82) is 0 Å². The van der Waals surface area contributed by atoms with E-state index in [1.165, 1.54) is 75.0 Å². The first-order chi connectivity index (χ1) is 28.3. The van der Waals surface area contributed by atoms with Crippen LogP contribution in [-0.4, -0.2) is 19.1 Å². The Morgan fingerprint density at radius 1 is 0.351 bits per heavy atom. The average molecular weight is 745 g/mol. The molecule has 0 bridgehead atoms. The zero-order chi connectivity index (χ0) is 37.5. The molecule has 4 aromatic heterocycles. The summed E-state index contributed by atoms with van der Waals surface area (Å²) in [6.07, 6.45) is 3.89. The fourth-order valence-corrected chi connectivity index (χ4v) is 10.0. The molecule has 0 aliphatic heterocycles. The summed E-state index contributed by atoms with van der Waals surface area (Å²) < 4.78 is 7.19. The predicted octanol–water partition coefficient (Wildman–Crippen LogP) is 14.0. The Morgan fingerprint density at radius 3 is 1.58 bits per heavy atom. The first-order valence-corrected chi connectivity index (χ1v) is 20.0. The van der Waals surface area contributed by atoms with Gasteiger partial charge in [-0.3, -0.25) is 4.57 Å². The molecule has 0 amide bonds. The number of aromatic nitrogens is 4. The molecular formula is C52H32N4S. The van der Waals surface area contributed by atoms with E-state index in [4.69, 9.17) is 9.97 Å². The Hall–Kier alpha value is -7.34. The van der Waals surface area contributed by atoms with Crippen LogP contribution in [0.25, 0.3) is 109 Å². The Morgan fingerprint density at radius 2 is 0.877 bits per heavy atom. The Balaban J connectivity index is 0.905. The fraction of sp³-hybridized carbons (Fsp3) is 0. The van der Waals surface area contributed by atoms with E-state index < -0.39 is 0 Å². The van der Waals surface area contributed by atoms with Crippen molar-refractivity contribution in [2.24, 2.45) is 0 Å². The lowest BCUT2D eigenvalue weighted by Gasteiger charge is -2.09. The average Bonchev–Trinajstić information content (AvgIpc) is 3.94. The van der Waals surface area contributed by atoms with Gasteiger partial charge in [-0.25, -0.2) is 9.97 Å². The van der Waals surface area contributed by atoms with E-state index in [1.807, 2.05) is 23.7 Å². The van der Waals surface area contributed by atoms with Crippen LogP contribution >= 0.6 is 11.3 Å². The van der Waals surface area contributed by atoms with Gasteiger partial charge in [0.05, 0.1) is 22.1 Å². The molecule has 4 heterocycles. The molecular weight excluding hydrogens is 713 g/mol. The predicted molar refractivity (Wildman–Crippen MR) is 240 cm³/mol. The van der Waals surface area contributed by atoms with Gasteiger partial charge in [-0.2, -0.15) is 0 Å². The second-order valence-corrected chi connectivity index (χ2v) is 15.7. The Labute approximate surface area is 332 Å². The van der Waals surface area contributed by atoms with Crippen LogP contribution in [0.5, 0.6) is 0 Å². The van der Waals surface area contributed by atoms with Crippen molar-refractivity contribution < 1.29 is 0 Å². The van der Waals surface area contributed by atoms with Crippen LogP contribution in [0.4, 0.5) is 0 Å². The molecule has 4 nitrogen and oxygen atoms in total. The minimum atomic E-state index is 0.654. The van der Waals surface area contributed by atoms with Crippen molar-refractivity contribution >= 4 is 75.1 Å². The maximum atomic E-state index is 4.97. The van der Waals surface area contributed by atoms with Gasteiger partial charge in [0.2, 0.25) is 5.95 Å². The maximum absolute atomic E-state index is 4.97. The summed E-state index contributed by atoms with van der Waals surface area (Å²) >= 11 is 1.86. The molecule has 0 aliphatic carbocycles. The third-order valence-corrected chi connectivity index (χ3v) is 12.7. The number of para-hydroxylation sites is 3. The second kappa shape index (κ2) is 12.6. The topological polar surface area (TPSA) is 35.6 Å². The first kappa shape index (κ1) is 32.0. The minimum Gasteiger partial charge on any atom is -0.309 e. The third kappa shape index (κ3) is 4.99. The smallest absolute Gasteiger partial charge is 0.234 e. The van der Waals surface area contributed by atoms with E-state index >= 15 is 0 Å². The van der Waals surface area contributed by atoms with Gasteiger partial charge < -0.3 is 4.57 Å². The highest BCUT2D eigenvalue weighted by Gasteiger charge is 2.17. The molecule has 5 heteroatoms. The number of benzene rings is 8. The lowest BCUT2D eigenvalue weighted by atomic mass is 10.00. The number of hydrogen-bond donors (Lipinski definition) is 0. The third-order valence-electron chi connectivity index (χ3n) is 11.5. The van der Waals surface area contributed by atoms with Crippen molar-refractivity contribution in [2.45, 2.75) is 0 Å². The molecule has 0 saturated carbocycles. The van der Waals surface area contributed by atoms with Crippen LogP contribution < -0.4 is 0 Å². The molecule has 0 atom stereocenters. The molecule has 12 aromatic rings. The molecule has 0 N–H and O–H groups in total. The first-order valence-electron chi connectivity index (χ1n) is 19.2. The molecule has 266 valence electrons. The fourth-order valence-electron chi connectivity index (χ4n) is 8.78. The van der Waals surface area contributed by atoms with Crippen molar-refractivity contribution in [3.8, 4) is 45.0 Å². The maximum Gasteiger partial charge on any atom is 0.234 e. The lowest BCUT2D eigenvalue weighted by molar-refractivity contribution is 0.990. The highest BCUT2D eigenvalue weighted by molar-refractivity contribution is 7.26.